The van der Waals surface area contributed by atoms with E-state index >= 15 is 0 Å². The first-order valence-corrected chi connectivity index (χ1v) is 6.65. The number of fused-ring (bicyclic) bond motifs is 1. The summed E-state index contributed by atoms with van der Waals surface area (Å²) in [7, 11) is 5.85. The van der Waals surface area contributed by atoms with Crippen LogP contribution >= 0.6 is 11.8 Å². The zero-order valence-corrected chi connectivity index (χ0v) is 11.2. The second-order valence-electron chi connectivity index (χ2n) is 5.35. The largest absolute Gasteiger partial charge is 0.477 e. The number of carboxylic acid groups (broad SMARTS) is 1. The van der Waals surface area contributed by atoms with Crippen LogP contribution in [0.15, 0.2) is 29.2 Å². The van der Waals surface area contributed by atoms with Crippen molar-refractivity contribution < 1.29 is 14.4 Å². The van der Waals surface area contributed by atoms with Gasteiger partial charge < -0.3 is 9.59 Å². The summed E-state index contributed by atoms with van der Waals surface area (Å²) in [4.78, 5) is 12.8. The minimum absolute atomic E-state index is 0.105. The summed E-state index contributed by atoms with van der Waals surface area (Å²) in [6, 6.07) is 7.76. The van der Waals surface area contributed by atoms with E-state index in [9.17, 15) is 9.90 Å². The van der Waals surface area contributed by atoms with E-state index in [4.69, 9.17) is 0 Å². The van der Waals surface area contributed by atoms with Gasteiger partial charge in [0.25, 0.3) is 0 Å². The molecule has 17 heavy (non-hydrogen) atoms. The molecule has 1 aromatic carbocycles. The van der Waals surface area contributed by atoms with E-state index in [1.807, 2.05) is 33.3 Å². The second-order valence-corrected chi connectivity index (χ2v) is 6.42. The fourth-order valence-corrected chi connectivity index (χ4v) is 3.77. The monoisotopic (exact) mass is 252 g/mol. The van der Waals surface area contributed by atoms with Gasteiger partial charge in [0, 0.05) is 10.6 Å². The first-order chi connectivity index (χ1) is 7.91. The van der Waals surface area contributed by atoms with Gasteiger partial charge in [0.15, 0.2) is 6.04 Å². The molecule has 0 fully saturated rings. The first kappa shape index (κ1) is 12.5. The van der Waals surface area contributed by atoms with Crippen LogP contribution in [0, 0.1) is 0 Å². The number of benzene rings is 1. The van der Waals surface area contributed by atoms with Gasteiger partial charge in [-0.3, -0.25) is 0 Å². The van der Waals surface area contributed by atoms with Gasteiger partial charge in [0.2, 0.25) is 0 Å². The number of likely N-dealkylation sites (N-methyl/N-ethyl adjacent to an activating group) is 1. The lowest BCUT2D eigenvalue weighted by molar-refractivity contribution is -0.888. The quantitative estimate of drug-likeness (QED) is 0.836. The van der Waals surface area contributed by atoms with Crippen molar-refractivity contribution in [1.82, 2.24) is 0 Å². The van der Waals surface area contributed by atoms with Crippen molar-refractivity contribution in [2.75, 3.05) is 26.9 Å². The smallest absolute Gasteiger partial charge is 0.363 e. The van der Waals surface area contributed by atoms with Gasteiger partial charge in [-0.25, -0.2) is 4.79 Å². The van der Waals surface area contributed by atoms with Gasteiger partial charge in [0.05, 0.1) is 27.1 Å². The summed E-state index contributed by atoms with van der Waals surface area (Å²) in [6.07, 6.45) is 0. The Balaban J connectivity index is 2.38. The topological polar surface area (TPSA) is 37.3 Å². The Morgan fingerprint density at radius 2 is 2.06 bits per heavy atom. The Morgan fingerprint density at radius 3 is 2.65 bits per heavy atom. The number of thioether (sulfide) groups is 1. The van der Waals surface area contributed by atoms with Crippen LogP contribution in [0.5, 0.6) is 0 Å². The van der Waals surface area contributed by atoms with E-state index in [1.165, 1.54) is 10.5 Å². The molecule has 0 aromatic heterocycles. The number of carboxylic acids is 1. The van der Waals surface area contributed by atoms with E-state index < -0.39 is 5.97 Å². The first-order valence-electron chi connectivity index (χ1n) is 5.67. The van der Waals surface area contributed by atoms with Gasteiger partial charge >= 0.3 is 5.97 Å². The molecule has 1 aliphatic rings. The molecule has 2 rings (SSSR count). The van der Waals surface area contributed by atoms with Crippen molar-refractivity contribution in [3.05, 3.63) is 29.8 Å². The Bertz CT molecular complexity index is 439. The molecule has 2 atom stereocenters. The van der Waals surface area contributed by atoms with E-state index in [0.717, 1.165) is 5.75 Å². The number of quaternary nitrogens is 1. The minimum Gasteiger partial charge on any atom is -0.477 e. The molecule has 0 saturated carbocycles. The van der Waals surface area contributed by atoms with Crippen LogP contribution in [0.1, 0.15) is 11.5 Å². The van der Waals surface area contributed by atoms with Crippen LogP contribution in [0.25, 0.3) is 0 Å². The van der Waals surface area contributed by atoms with Gasteiger partial charge in [-0.15, -0.1) is 11.8 Å². The van der Waals surface area contributed by atoms with Crippen molar-refractivity contribution in [1.29, 1.82) is 0 Å². The van der Waals surface area contributed by atoms with Gasteiger partial charge in [-0.1, -0.05) is 18.2 Å². The summed E-state index contributed by atoms with van der Waals surface area (Å²) in [5, 5.41) is 9.47. The minimum atomic E-state index is -0.709. The number of hydrogen-bond donors (Lipinski definition) is 1. The van der Waals surface area contributed by atoms with Crippen LogP contribution in [-0.2, 0) is 4.79 Å². The molecule has 0 amide bonds. The predicted octanol–water partition coefficient (Wildman–Crippen LogP) is 2.04. The number of nitrogens with zero attached hydrogens (tertiary/aromatic N) is 1. The van der Waals surface area contributed by atoms with Crippen LogP contribution in [0.4, 0.5) is 0 Å². The summed E-state index contributed by atoms with van der Waals surface area (Å²) in [5.41, 5.74) is 1.19. The fourth-order valence-electron chi connectivity index (χ4n) is 2.49. The van der Waals surface area contributed by atoms with Gasteiger partial charge in [-0.2, -0.15) is 0 Å². The molecule has 1 heterocycles. The van der Waals surface area contributed by atoms with Crippen molar-refractivity contribution in [2.45, 2.75) is 16.9 Å². The Hall–Kier alpha value is -1.00. The summed E-state index contributed by atoms with van der Waals surface area (Å²) in [5.74, 6) is 0.264. The van der Waals surface area contributed by atoms with Crippen LogP contribution in [0.2, 0.25) is 0 Å². The predicted molar refractivity (Wildman–Crippen MR) is 69.4 cm³/mol. The average molecular weight is 252 g/mol. The third kappa shape index (κ3) is 2.33. The molecule has 0 aliphatic carbocycles. The zero-order chi connectivity index (χ0) is 12.6. The van der Waals surface area contributed by atoms with Crippen molar-refractivity contribution in [3.8, 4) is 0 Å². The van der Waals surface area contributed by atoms with Crippen LogP contribution in [0.3, 0.4) is 0 Å². The van der Waals surface area contributed by atoms with E-state index in [0.29, 0.717) is 4.48 Å². The highest BCUT2D eigenvalue weighted by Crippen LogP contribution is 2.42. The molecule has 1 N–H and O–H groups in total. The molecule has 92 valence electrons. The van der Waals surface area contributed by atoms with Gasteiger partial charge in [-0.05, 0) is 11.6 Å². The third-order valence-electron chi connectivity index (χ3n) is 3.21. The molecular weight excluding hydrogens is 234 g/mol. The number of hydrogen-bond acceptors (Lipinski definition) is 2. The number of rotatable bonds is 3. The highest BCUT2D eigenvalue weighted by molar-refractivity contribution is 7.99. The molecular formula is C13H18NO2S+. The normalized spacial score (nSPS) is 21.0. The molecule has 0 saturated heterocycles. The highest BCUT2D eigenvalue weighted by atomic mass is 32.2. The Kier molecular flexibility index (Phi) is 3.19. The highest BCUT2D eigenvalue weighted by Gasteiger charge is 2.43. The standard InChI is InChI=1S/C13H17NO2S/c1-14(2,3)12(13(15)16)10-8-17-11-7-5-4-6-9(10)11/h4-7,10,12H,8H2,1-3H3/p+1. The lowest BCUT2D eigenvalue weighted by Crippen LogP contribution is -2.53. The molecule has 0 bridgehead atoms. The lowest BCUT2D eigenvalue weighted by Gasteiger charge is -2.34. The second kappa shape index (κ2) is 4.35. The van der Waals surface area contributed by atoms with Crippen molar-refractivity contribution in [3.63, 3.8) is 0 Å². The Morgan fingerprint density at radius 1 is 1.41 bits per heavy atom. The maximum Gasteiger partial charge on any atom is 0.363 e. The summed E-state index contributed by atoms with van der Waals surface area (Å²) < 4.78 is 0.453. The van der Waals surface area contributed by atoms with E-state index in [2.05, 4.69) is 12.1 Å². The SMILES string of the molecule is C[N+](C)(C)C(C(=O)O)C1CSc2ccccc21. The maximum atomic E-state index is 11.5. The maximum absolute atomic E-state index is 11.5. The molecule has 0 spiro atoms. The number of carbonyl (C=O) groups is 1. The summed E-state index contributed by atoms with van der Waals surface area (Å²) >= 11 is 1.76. The fraction of sp³-hybridized carbons (Fsp3) is 0.462. The average Bonchev–Trinajstić information content (AvgIpc) is 2.60. The van der Waals surface area contributed by atoms with E-state index in [1.54, 1.807) is 11.8 Å². The molecule has 4 heteroatoms. The molecule has 1 aromatic rings. The van der Waals surface area contributed by atoms with Crippen molar-refractivity contribution in [2.24, 2.45) is 0 Å². The third-order valence-corrected chi connectivity index (χ3v) is 4.41. The number of aliphatic carboxylic acids is 1. The molecule has 1 aliphatic heterocycles. The Labute approximate surface area is 106 Å². The van der Waals surface area contributed by atoms with E-state index in [-0.39, 0.29) is 12.0 Å². The van der Waals surface area contributed by atoms with Crippen molar-refractivity contribution >= 4 is 17.7 Å². The molecule has 2 unspecified atom stereocenters. The van der Waals surface area contributed by atoms with Gasteiger partial charge in [0.1, 0.15) is 0 Å². The lowest BCUT2D eigenvalue weighted by atomic mass is 9.91. The van der Waals surface area contributed by atoms with Crippen LogP contribution in [-0.4, -0.2) is 48.5 Å². The molecule has 3 nitrogen and oxygen atoms in total. The molecule has 0 radical (unpaired) electrons. The summed E-state index contributed by atoms with van der Waals surface area (Å²) in [6.45, 7) is 0. The zero-order valence-electron chi connectivity index (χ0n) is 10.4. The van der Waals surface area contributed by atoms with Crippen LogP contribution < -0.4 is 0 Å².